The lowest BCUT2D eigenvalue weighted by atomic mass is 10.2. The van der Waals surface area contributed by atoms with Gasteiger partial charge in [-0.25, -0.2) is 4.39 Å². The normalized spacial score (nSPS) is 9.70. The number of aliphatic hydroxyl groups is 1. The van der Waals surface area contributed by atoms with E-state index >= 15 is 0 Å². The first-order chi connectivity index (χ1) is 9.70. The van der Waals surface area contributed by atoms with Crippen LogP contribution in [0.3, 0.4) is 0 Å². The molecule has 0 aliphatic rings. The Balaban J connectivity index is 2.10. The van der Waals surface area contributed by atoms with Crippen LogP contribution in [0.1, 0.15) is 22.3 Å². The van der Waals surface area contributed by atoms with Crippen LogP contribution in [-0.2, 0) is 0 Å². The highest BCUT2D eigenvalue weighted by Crippen LogP contribution is 2.15. The molecule has 0 unspecified atom stereocenters. The average Bonchev–Trinajstić information content (AvgIpc) is 2.95. The van der Waals surface area contributed by atoms with Crippen molar-refractivity contribution in [3.05, 3.63) is 52.0 Å². The van der Waals surface area contributed by atoms with E-state index in [-0.39, 0.29) is 18.1 Å². The molecule has 20 heavy (non-hydrogen) atoms. The number of halogens is 1. The van der Waals surface area contributed by atoms with Gasteiger partial charge >= 0.3 is 0 Å². The highest BCUT2D eigenvalue weighted by Gasteiger charge is 2.07. The lowest BCUT2D eigenvalue weighted by Crippen LogP contribution is -2.10. The molecule has 1 heterocycles. The Morgan fingerprint density at radius 2 is 2.25 bits per heavy atom. The van der Waals surface area contributed by atoms with Crippen molar-refractivity contribution in [2.75, 3.05) is 11.9 Å². The lowest BCUT2D eigenvalue weighted by molar-refractivity contribution is 0.102. The third-order valence-corrected chi connectivity index (χ3v) is 3.15. The summed E-state index contributed by atoms with van der Waals surface area (Å²) in [4.78, 5) is 11.8. The molecule has 0 atom stereocenters. The Bertz CT molecular complexity index is 656. The molecule has 102 valence electrons. The minimum absolute atomic E-state index is 0.0522. The van der Waals surface area contributed by atoms with E-state index in [2.05, 4.69) is 17.2 Å². The molecule has 0 fully saturated rings. The van der Waals surface area contributed by atoms with Gasteiger partial charge in [0.15, 0.2) is 0 Å². The third kappa shape index (κ3) is 3.67. The molecule has 0 saturated heterocycles. The van der Waals surface area contributed by atoms with Crippen molar-refractivity contribution < 1.29 is 14.3 Å². The van der Waals surface area contributed by atoms with E-state index < -0.39 is 5.82 Å². The average molecular weight is 289 g/mol. The van der Waals surface area contributed by atoms with Gasteiger partial charge in [-0.1, -0.05) is 11.8 Å². The summed E-state index contributed by atoms with van der Waals surface area (Å²) in [7, 11) is 0. The zero-order valence-corrected chi connectivity index (χ0v) is 11.3. The van der Waals surface area contributed by atoms with E-state index in [4.69, 9.17) is 5.11 Å². The van der Waals surface area contributed by atoms with Crippen molar-refractivity contribution in [3.63, 3.8) is 0 Å². The maximum atomic E-state index is 13.8. The zero-order valence-electron chi connectivity index (χ0n) is 10.5. The van der Waals surface area contributed by atoms with Crippen LogP contribution >= 0.6 is 11.3 Å². The molecule has 1 aromatic heterocycles. The number of aliphatic hydroxyl groups excluding tert-OH is 1. The maximum Gasteiger partial charge on any atom is 0.256 e. The minimum Gasteiger partial charge on any atom is -0.395 e. The van der Waals surface area contributed by atoms with Gasteiger partial charge in [-0.2, -0.15) is 11.3 Å². The van der Waals surface area contributed by atoms with Gasteiger partial charge in [-0.3, -0.25) is 4.79 Å². The summed E-state index contributed by atoms with van der Waals surface area (Å²) < 4.78 is 13.8. The number of benzene rings is 1. The van der Waals surface area contributed by atoms with Gasteiger partial charge in [-0.15, -0.1) is 0 Å². The fraction of sp³-hybridized carbons (Fsp3) is 0.133. The quantitative estimate of drug-likeness (QED) is 0.854. The highest BCUT2D eigenvalue weighted by atomic mass is 32.1. The number of nitrogens with one attached hydrogen (secondary N) is 1. The summed E-state index contributed by atoms with van der Waals surface area (Å²) in [5, 5.41) is 14.7. The molecule has 2 aromatic rings. The molecule has 0 bridgehead atoms. The van der Waals surface area contributed by atoms with Crippen molar-refractivity contribution in [3.8, 4) is 11.8 Å². The highest BCUT2D eigenvalue weighted by molar-refractivity contribution is 7.08. The van der Waals surface area contributed by atoms with Crippen LogP contribution in [0.5, 0.6) is 0 Å². The molecule has 5 heteroatoms. The summed E-state index contributed by atoms with van der Waals surface area (Å²) >= 11 is 1.42. The largest absolute Gasteiger partial charge is 0.395 e. The van der Waals surface area contributed by atoms with E-state index in [1.807, 2.05) is 0 Å². The van der Waals surface area contributed by atoms with Crippen LogP contribution in [0, 0.1) is 17.7 Å². The van der Waals surface area contributed by atoms with E-state index in [0.29, 0.717) is 17.7 Å². The molecule has 0 aliphatic heterocycles. The van der Waals surface area contributed by atoms with Gasteiger partial charge in [0, 0.05) is 17.5 Å². The third-order valence-electron chi connectivity index (χ3n) is 2.47. The Labute approximate surface area is 120 Å². The molecular weight excluding hydrogens is 277 g/mol. The van der Waals surface area contributed by atoms with E-state index in [9.17, 15) is 9.18 Å². The summed E-state index contributed by atoms with van der Waals surface area (Å²) in [6, 6.07) is 6.03. The second-order valence-electron chi connectivity index (χ2n) is 3.94. The van der Waals surface area contributed by atoms with Crippen LogP contribution in [-0.4, -0.2) is 17.6 Å². The number of anilines is 1. The van der Waals surface area contributed by atoms with E-state index in [1.165, 1.54) is 23.5 Å². The molecule has 0 saturated carbocycles. The maximum absolute atomic E-state index is 13.8. The van der Waals surface area contributed by atoms with Crippen molar-refractivity contribution in [2.45, 2.75) is 6.42 Å². The lowest BCUT2D eigenvalue weighted by Gasteiger charge is -2.04. The van der Waals surface area contributed by atoms with Crippen molar-refractivity contribution >= 4 is 22.9 Å². The van der Waals surface area contributed by atoms with Crippen LogP contribution in [0.25, 0.3) is 0 Å². The van der Waals surface area contributed by atoms with E-state index in [0.717, 1.165) is 0 Å². The van der Waals surface area contributed by atoms with Gasteiger partial charge in [-0.05, 0) is 29.6 Å². The van der Waals surface area contributed by atoms with Crippen molar-refractivity contribution in [1.29, 1.82) is 0 Å². The SMILES string of the molecule is O=C(Nc1ccc(C#CCCO)c(F)c1)c1ccsc1. The van der Waals surface area contributed by atoms with Gasteiger partial charge < -0.3 is 10.4 Å². The number of carbonyl (C=O) groups excluding carboxylic acids is 1. The Morgan fingerprint density at radius 1 is 1.40 bits per heavy atom. The van der Waals surface area contributed by atoms with Crippen LogP contribution in [0.4, 0.5) is 10.1 Å². The molecule has 0 radical (unpaired) electrons. The van der Waals surface area contributed by atoms with Gasteiger partial charge in [0.25, 0.3) is 5.91 Å². The molecule has 2 N–H and O–H groups in total. The summed E-state index contributed by atoms with van der Waals surface area (Å²) in [6.45, 7) is -0.0522. The summed E-state index contributed by atoms with van der Waals surface area (Å²) in [5.74, 6) is 4.50. The topological polar surface area (TPSA) is 49.3 Å². The smallest absolute Gasteiger partial charge is 0.256 e. The Kier molecular flexibility index (Phi) is 4.88. The van der Waals surface area contributed by atoms with Crippen LogP contribution in [0.2, 0.25) is 0 Å². The van der Waals surface area contributed by atoms with Gasteiger partial charge in [0.05, 0.1) is 17.7 Å². The predicted octanol–water partition coefficient (Wildman–Crippen LogP) is 2.87. The molecule has 2 rings (SSSR count). The number of hydrogen-bond acceptors (Lipinski definition) is 3. The molecule has 1 amide bonds. The van der Waals surface area contributed by atoms with E-state index in [1.54, 1.807) is 22.9 Å². The molecule has 1 aromatic carbocycles. The summed E-state index contributed by atoms with van der Waals surface area (Å²) in [6.07, 6.45) is 0.302. The first-order valence-corrected chi connectivity index (χ1v) is 6.88. The molecule has 0 aliphatic carbocycles. The minimum atomic E-state index is -0.501. The van der Waals surface area contributed by atoms with Crippen LogP contribution in [0.15, 0.2) is 35.0 Å². The number of carbonyl (C=O) groups is 1. The number of rotatable bonds is 3. The number of thiophene rings is 1. The van der Waals surface area contributed by atoms with Gasteiger partial charge in [0.1, 0.15) is 5.82 Å². The first kappa shape index (κ1) is 14.3. The molecule has 3 nitrogen and oxygen atoms in total. The van der Waals surface area contributed by atoms with Crippen molar-refractivity contribution in [2.24, 2.45) is 0 Å². The standard InChI is InChI=1S/C15H12FNO2S/c16-14-9-13(5-4-11(14)3-1-2-7-18)17-15(19)12-6-8-20-10-12/h4-6,8-10,18H,2,7H2,(H,17,19). The van der Waals surface area contributed by atoms with Gasteiger partial charge in [0.2, 0.25) is 0 Å². The fourth-order valence-corrected chi connectivity index (χ4v) is 2.14. The second-order valence-corrected chi connectivity index (χ2v) is 4.72. The fourth-order valence-electron chi connectivity index (χ4n) is 1.50. The molecule has 0 spiro atoms. The monoisotopic (exact) mass is 289 g/mol. The number of amides is 1. The first-order valence-electron chi connectivity index (χ1n) is 5.93. The predicted molar refractivity (Wildman–Crippen MR) is 77.3 cm³/mol. The Morgan fingerprint density at radius 3 is 2.90 bits per heavy atom. The zero-order chi connectivity index (χ0) is 14.4. The second kappa shape index (κ2) is 6.85. The summed E-state index contributed by atoms with van der Waals surface area (Å²) in [5.41, 5.74) is 1.17. The Hall–Kier alpha value is -2.16. The molecular formula is C15H12FNO2S. The van der Waals surface area contributed by atoms with Crippen LogP contribution < -0.4 is 5.32 Å². The van der Waals surface area contributed by atoms with Crippen molar-refractivity contribution in [1.82, 2.24) is 0 Å². The number of hydrogen-bond donors (Lipinski definition) is 2.